The number of hydrogen-bond acceptors (Lipinski definition) is 2. The molecule has 0 aromatic heterocycles. The lowest BCUT2D eigenvalue weighted by atomic mass is 9.57. The summed E-state index contributed by atoms with van der Waals surface area (Å²) in [5.74, 6) is 0. The molecule has 1 saturated carbocycles. The van der Waals surface area contributed by atoms with Crippen LogP contribution in [0.15, 0.2) is 164 Å². The number of nitrogens with zero attached hydrogens (tertiary/aromatic N) is 1. The van der Waals surface area contributed by atoms with E-state index in [2.05, 4.69) is 195 Å². The number of benzene rings is 8. The second kappa shape index (κ2) is 12.2. The Morgan fingerprint density at radius 3 is 1.87 bits per heavy atom. The van der Waals surface area contributed by atoms with Crippen LogP contribution >= 0.6 is 0 Å². The second-order valence-corrected chi connectivity index (χ2v) is 16.3. The Labute approximate surface area is 324 Å². The lowest BCUT2D eigenvalue weighted by Crippen LogP contribution is -2.57. The minimum atomic E-state index is -0.0625. The van der Waals surface area contributed by atoms with Gasteiger partial charge < -0.3 is 10.2 Å². The summed E-state index contributed by atoms with van der Waals surface area (Å²) in [6.07, 6.45) is 4.87. The normalized spacial score (nSPS) is 19.4. The van der Waals surface area contributed by atoms with Crippen LogP contribution in [0.3, 0.4) is 0 Å². The van der Waals surface area contributed by atoms with Gasteiger partial charge in [0.05, 0.1) is 5.54 Å². The summed E-state index contributed by atoms with van der Waals surface area (Å²) < 4.78 is 0. The maximum absolute atomic E-state index is 3.91. The van der Waals surface area contributed by atoms with Crippen molar-refractivity contribution in [1.82, 2.24) is 0 Å². The fraction of sp³-hybridized carbons (Fsp3) is 0.154. The molecular weight excluding hydrogens is 663 g/mol. The van der Waals surface area contributed by atoms with Crippen molar-refractivity contribution in [1.29, 1.82) is 0 Å². The molecule has 3 heteroatoms. The molecule has 1 aliphatic carbocycles. The minimum Gasteiger partial charge on any atom is -0.355 e. The van der Waals surface area contributed by atoms with Crippen molar-refractivity contribution in [3.8, 4) is 33.4 Å². The van der Waals surface area contributed by atoms with Crippen molar-refractivity contribution in [3.05, 3.63) is 169 Å². The van der Waals surface area contributed by atoms with Gasteiger partial charge in [-0.2, -0.15) is 0 Å². The largest absolute Gasteiger partial charge is 0.355 e. The third-order valence-corrected chi connectivity index (χ3v) is 13.4. The highest BCUT2D eigenvalue weighted by Crippen LogP contribution is 2.62. The summed E-state index contributed by atoms with van der Waals surface area (Å²) in [6, 6.07) is 60.5. The maximum Gasteiger partial charge on any atom is 0.197 e. The van der Waals surface area contributed by atoms with Crippen molar-refractivity contribution in [2.24, 2.45) is 0 Å². The van der Waals surface area contributed by atoms with Gasteiger partial charge in [-0.05, 0) is 111 Å². The van der Waals surface area contributed by atoms with Gasteiger partial charge in [0.1, 0.15) is 0 Å². The standard InChI is InChI=1S/C52H42BN2/c1-51-27-13-14-28-52(51,2)55-49-42-22-12-11-21-39(42)30-44(48(49)53-46-32-40(31-45(51)50(46)55)35-17-7-4-8-18-35)43-29-37-19-9-10-20-38(37)33-47(43)54-41-25-23-36(24-26-41)34-15-5-3-6-16-34/h3-12,15-26,29-33,54H,13-14,27-28H2,1-2H3. The van der Waals surface area contributed by atoms with E-state index in [1.807, 2.05) is 0 Å². The Morgan fingerprint density at radius 1 is 0.527 bits per heavy atom. The molecule has 2 atom stereocenters. The molecule has 2 aliphatic heterocycles. The molecule has 2 unspecified atom stereocenters. The number of nitrogens with one attached hydrogen (secondary N) is 1. The van der Waals surface area contributed by atoms with Gasteiger partial charge in [0, 0.05) is 39.1 Å². The predicted octanol–water partition coefficient (Wildman–Crippen LogP) is 12.4. The number of fused-ring (bicyclic) bond motifs is 8. The maximum atomic E-state index is 3.91. The van der Waals surface area contributed by atoms with E-state index < -0.39 is 0 Å². The highest BCUT2D eigenvalue weighted by atomic mass is 15.3. The average molecular weight is 706 g/mol. The van der Waals surface area contributed by atoms with E-state index in [9.17, 15) is 0 Å². The van der Waals surface area contributed by atoms with Crippen LogP contribution in [0.5, 0.6) is 0 Å². The molecular formula is C52H42BN2. The van der Waals surface area contributed by atoms with Crippen LogP contribution in [0.1, 0.15) is 45.1 Å². The highest BCUT2D eigenvalue weighted by Gasteiger charge is 2.59. The van der Waals surface area contributed by atoms with Crippen LogP contribution in [0.4, 0.5) is 22.7 Å². The van der Waals surface area contributed by atoms with Gasteiger partial charge in [-0.25, -0.2) is 0 Å². The van der Waals surface area contributed by atoms with Crippen molar-refractivity contribution in [3.63, 3.8) is 0 Å². The van der Waals surface area contributed by atoms with Crippen LogP contribution in [0, 0.1) is 0 Å². The van der Waals surface area contributed by atoms with Crippen LogP contribution in [-0.4, -0.2) is 12.8 Å². The average Bonchev–Trinajstić information content (AvgIpc) is 3.45. The van der Waals surface area contributed by atoms with Gasteiger partial charge in [-0.1, -0.05) is 153 Å². The third-order valence-electron chi connectivity index (χ3n) is 13.4. The first-order valence-electron chi connectivity index (χ1n) is 19.9. The van der Waals surface area contributed by atoms with E-state index in [1.54, 1.807) is 0 Å². The van der Waals surface area contributed by atoms with Crippen molar-refractivity contribution < 1.29 is 0 Å². The van der Waals surface area contributed by atoms with E-state index in [0.717, 1.165) is 17.8 Å². The summed E-state index contributed by atoms with van der Waals surface area (Å²) >= 11 is 0. The molecule has 2 heterocycles. The summed E-state index contributed by atoms with van der Waals surface area (Å²) in [5, 5.41) is 8.97. The molecule has 1 radical (unpaired) electrons. The summed E-state index contributed by atoms with van der Waals surface area (Å²) in [7, 11) is 2.52. The number of anilines is 4. The Hall–Kier alpha value is -6.06. The van der Waals surface area contributed by atoms with Crippen molar-refractivity contribution in [2.45, 2.75) is 50.5 Å². The second-order valence-electron chi connectivity index (χ2n) is 16.3. The summed E-state index contributed by atoms with van der Waals surface area (Å²) in [4.78, 5) is 2.82. The molecule has 0 amide bonds. The first-order valence-corrected chi connectivity index (χ1v) is 19.9. The zero-order valence-corrected chi connectivity index (χ0v) is 31.4. The van der Waals surface area contributed by atoms with Gasteiger partial charge in [0.15, 0.2) is 7.28 Å². The van der Waals surface area contributed by atoms with E-state index in [4.69, 9.17) is 0 Å². The summed E-state index contributed by atoms with van der Waals surface area (Å²) in [6.45, 7) is 5.13. The monoisotopic (exact) mass is 705 g/mol. The van der Waals surface area contributed by atoms with Gasteiger partial charge in [0.2, 0.25) is 0 Å². The molecule has 8 aromatic carbocycles. The molecule has 2 nitrogen and oxygen atoms in total. The molecule has 55 heavy (non-hydrogen) atoms. The molecule has 8 aromatic rings. The van der Waals surface area contributed by atoms with Crippen LogP contribution in [-0.2, 0) is 5.41 Å². The van der Waals surface area contributed by atoms with Crippen LogP contribution in [0.25, 0.3) is 54.9 Å². The topological polar surface area (TPSA) is 15.3 Å². The highest BCUT2D eigenvalue weighted by molar-refractivity contribution is 6.74. The van der Waals surface area contributed by atoms with Crippen LogP contribution < -0.4 is 21.1 Å². The Balaban J connectivity index is 1.15. The van der Waals surface area contributed by atoms with E-state index in [0.29, 0.717) is 0 Å². The molecule has 3 aliphatic rings. The quantitative estimate of drug-likeness (QED) is 0.179. The molecule has 0 bridgehead atoms. The van der Waals surface area contributed by atoms with Crippen LogP contribution in [0.2, 0.25) is 0 Å². The van der Waals surface area contributed by atoms with E-state index >= 15 is 0 Å². The summed E-state index contributed by atoms with van der Waals surface area (Å²) in [5.41, 5.74) is 16.5. The first kappa shape index (κ1) is 32.4. The predicted molar refractivity (Wildman–Crippen MR) is 235 cm³/mol. The molecule has 0 saturated heterocycles. The van der Waals surface area contributed by atoms with Crippen molar-refractivity contribution in [2.75, 3.05) is 10.2 Å². The molecule has 11 rings (SSSR count). The van der Waals surface area contributed by atoms with Gasteiger partial charge in [-0.15, -0.1) is 0 Å². The zero-order valence-electron chi connectivity index (χ0n) is 31.4. The fourth-order valence-corrected chi connectivity index (χ4v) is 10.3. The molecule has 0 spiro atoms. The minimum absolute atomic E-state index is 0.0221. The zero-order chi connectivity index (χ0) is 36.7. The van der Waals surface area contributed by atoms with E-state index in [1.165, 1.54) is 102 Å². The molecule has 1 fully saturated rings. The molecule has 1 N–H and O–H groups in total. The third kappa shape index (κ3) is 4.88. The lowest BCUT2D eigenvalue weighted by molar-refractivity contribution is 0.195. The SMILES string of the molecule is CC12CCCCC1(C)N1c3c(cc(-c4ccccc4)cc32)[B]c2c(-c3cc4ccccc4cc3Nc3ccc(-c4ccccc4)cc3)cc3ccccc3c21. The first-order chi connectivity index (χ1) is 27.0. The Morgan fingerprint density at radius 2 is 1.13 bits per heavy atom. The fourth-order valence-electron chi connectivity index (χ4n) is 10.3. The lowest BCUT2D eigenvalue weighted by Gasteiger charge is -2.51. The molecule has 263 valence electrons. The smallest absolute Gasteiger partial charge is 0.197 e. The van der Waals surface area contributed by atoms with Crippen molar-refractivity contribution >= 4 is 62.5 Å². The Bertz CT molecular complexity index is 2790. The number of rotatable bonds is 5. The van der Waals surface area contributed by atoms with Gasteiger partial charge >= 0.3 is 0 Å². The van der Waals surface area contributed by atoms with Gasteiger partial charge in [0.25, 0.3) is 0 Å². The van der Waals surface area contributed by atoms with Gasteiger partial charge in [-0.3, -0.25) is 0 Å². The Kier molecular flexibility index (Phi) is 7.20. The number of hydrogen-bond donors (Lipinski definition) is 1. The van der Waals surface area contributed by atoms with E-state index in [-0.39, 0.29) is 11.0 Å².